The predicted molar refractivity (Wildman–Crippen MR) is 107 cm³/mol. The number of rotatable bonds is 3. The van der Waals surface area contributed by atoms with Gasteiger partial charge in [-0.3, -0.25) is 4.79 Å². The van der Waals surface area contributed by atoms with E-state index in [0.29, 0.717) is 31.3 Å². The Labute approximate surface area is 164 Å². The summed E-state index contributed by atoms with van der Waals surface area (Å²) < 4.78 is 5.97. The first-order chi connectivity index (χ1) is 13.8. The zero-order valence-corrected chi connectivity index (χ0v) is 15.7. The van der Waals surface area contributed by atoms with Crippen molar-refractivity contribution < 1.29 is 9.21 Å². The minimum absolute atomic E-state index is 0.0948. The van der Waals surface area contributed by atoms with Crippen LogP contribution in [0.25, 0.3) is 11.5 Å². The van der Waals surface area contributed by atoms with Gasteiger partial charge < -0.3 is 14.6 Å². The number of nitrogens with zero attached hydrogens (tertiary/aromatic N) is 2. The van der Waals surface area contributed by atoms with Crippen LogP contribution >= 0.6 is 0 Å². The molecule has 2 aromatic carbocycles. The molecule has 2 aliphatic heterocycles. The van der Waals surface area contributed by atoms with E-state index in [9.17, 15) is 4.79 Å². The van der Waals surface area contributed by atoms with E-state index in [1.165, 1.54) is 0 Å². The molecule has 0 saturated carbocycles. The molecule has 142 valence electrons. The van der Waals surface area contributed by atoms with Gasteiger partial charge in [0.1, 0.15) is 11.5 Å². The van der Waals surface area contributed by atoms with Crippen molar-refractivity contribution in [2.24, 2.45) is 0 Å². The van der Waals surface area contributed by atoms with E-state index in [-0.39, 0.29) is 5.91 Å². The molecule has 0 bridgehead atoms. The van der Waals surface area contributed by atoms with Crippen molar-refractivity contribution in [1.29, 1.82) is 0 Å². The molecule has 0 aliphatic carbocycles. The Morgan fingerprint density at radius 2 is 1.93 bits per heavy atom. The fourth-order valence-corrected chi connectivity index (χ4v) is 4.21. The van der Waals surface area contributed by atoms with Crippen molar-refractivity contribution in [3.05, 3.63) is 77.2 Å². The first-order valence-electron chi connectivity index (χ1n) is 9.92. The Morgan fingerprint density at radius 1 is 1.11 bits per heavy atom. The Hall–Kier alpha value is -2.92. The van der Waals surface area contributed by atoms with Gasteiger partial charge in [0.05, 0.1) is 6.54 Å². The molecule has 1 unspecified atom stereocenters. The van der Waals surface area contributed by atoms with Crippen molar-refractivity contribution in [2.45, 2.75) is 25.3 Å². The van der Waals surface area contributed by atoms with Crippen LogP contribution in [0.3, 0.4) is 0 Å². The first-order valence-corrected chi connectivity index (χ1v) is 9.92. The number of hydrogen-bond donors (Lipinski definition) is 1. The van der Waals surface area contributed by atoms with Crippen LogP contribution in [0.1, 0.15) is 39.7 Å². The number of fused-ring (bicyclic) bond motifs is 1. The lowest BCUT2D eigenvalue weighted by Gasteiger charge is -2.27. The van der Waals surface area contributed by atoms with Gasteiger partial charge >= 0.3 is 0 Å². The average molecular weight is 373 g/mol. The molecule has 0 radical (unpaired) electrons. The van der Waals surface area contributed by atoms with E-state index in [2.05, 4.69) is 16.4 Å². The SMILES string of the molecule is O=C(c1ccccc1C1CCNC1)N1CCc2oc(-c3ccccc3)nc2C1. The summed E-state index contributed by atoms with van der Waals surface area (Å²) >= 11 is 0. The van der Waals surface area contributed by atoms with Crippen molar-refractivity contribution in [1.82, 2.24) is 15.2 Å². The van der Waals surface area contributed by atoms with Crippen LogP contribution in [-0.4, -0.2) is 35.4 Å². The van der Waals surface area contributed by atoms with Gasteiger partial charge in [-0.15, -0.1) is 0 Å². The van der Waals surface area contributed by atoms with Crippen LogP contribution in [0.2, 0.25) is 0 Å². The van der Waals surface area contributed by atoms with E-state index >= 15 is 0 Å². The lowest BCUT2D eigenvalue weighted by Crippen LogP contribution is -2.36. The second kappa shape index (κ2) is 7.24. The summed E-state index contributed by atoms with van der Waals surface area (Å²) in [6.07, 6.45) is 1.78. The monoisotopic (exact) mass is 373 g/mol. The molecule has 1 aromatic heterocycles. The maximum absolute atomic E-state index is 13.3. The van der Waals surface area contributed by atoms with E-state index in [4.69, 9.17) is 4.42 Å². The quantitative estimate of drug-likeness (QED) is 0.762. The van der Waals surface area contributed by atoms with Crippen LogP contribution in [-0.2, 0) is 13.0 Å². The van der Waals surface area contributed by atoms with Gasteiger partial charge in [-0.2, -0.15) is 0 Å². The molecule has 1 N–H and O–H groups in total. The van der Waals surface area contributed by atoms with Crippen LogP contribution in [0.5, 0.6) is 0 Å². The third-order valence-electron chi connectivity index (χ3n) is 5.73. The van der Waals surface area contributed by atoms with Crippen molar-refractivity contribution in [3.8, 4) is 11.5 Å². The normalized spacial score (nSPS) is 18.9. The highest BCUT2D eigenvalue weighted by atomic mass is 16.4. The fourth-order valence-electron chi connectivity index (χ4n) is 4.21. The van der Waals surface area contributed by atoms with Gasteiger partial charge in [-0.1, -0.05) is 36.4 Å². The lowest BCUT2D eigenvalue weighted by atomic mass is 9.92. The van der Waals surface area contributed by atoms with E-state index in [1.54, 1.807) is 0 Å². The molecular formula is C23H23N3O2. The molecule has 1 fully saturated rings. The first kappa shape index (κ1) is 17.2. The van der Waals surface area contributed by atoms with Crippen molar-refractivity contribution in [3.63, 3.8) is 0 Å². The highest BCUT2D eigenvalue weighted by Gasteiger charge is 2.29. The molecule has 1 saturated heterocycles. The largest absolute Gasteiger partial charge is 0.441 e. The Bertz CT molecular complexity index is 990. The van der Waals surface area contributed by atoms with Crippen LogP contribution in [0.4, 0.5) is 0 Å². The highest BCUT2D eigenvalue weighted by molar-refractivity contribution is 5.96. The van der Waals surface area contributed by atoms with Gasteiger partial charge in [0.15, 0.2) is 0 Å². The second-order valence-electron chi connectivity index (χ2n) is 7.51. The van der Waals surface area contributed by atoms with E-state index < -0.39 is 0 Å². The molecule has 5 heteroatoms. The average Bonchev–Trinajstić information content (AvgIpc) is 3.43. The van der Waals surface area contributed by atoms with Gasteiger partial charge in [-0.25, -0.2) is 4.98 Å². The number of carbonyl (C=O) groups excluding carboxylic acids is 1. The number of benzene rings is 2. The van der Waals surface area contributed by atoms with E-state index in [0.717, 1.165) is 47.7 Å². The topological polar surface area (TPSA) is 58.4 Å². The molecule has 1 amide bonds. The summed E-state index contributed by atoms with van der Waals surface area (Å²) in [5, 5.41) is 3.40. The Balaban J connectivity index is 1.39. The fraction of sp³-hybridized carbons (Fsp3) is 0.304. The smallest absolute Gasteiger partial charge is 0.254 e. The van der Waals surface area contributed by atoms with Crippen molar-refractivity contribution >= 4 is 5.91 Å². The number of hydrogen-bond acceptors (Lipinski definition) is 4. The molecule has 2 aliphatic rings. The number of nitrogens with one attached hydrogen (secondary N) is 1. The van der Waals surface area contributed by atoms with Gasteiger partial charge in [0, 0.05) is 30.6 Å². The highest BCUT2D eigenvalue weighted by Crippen LogP contribution is 2.29. The summed E-state index contributed by atoms with van der Waals surface area (Å²) in [7, 11) is 0. The maximum atomic E-state index is 13.3. The molecule has 5 nitrogen and oxygen atoms in total. The Kier molecular flexibility index (Phi) is 4.45. The summed E-state index contributed by atoms with van der Waals surface area (Å²) in [6.45, 7) is 3.12. The van der Waals surface area contributed by atoms with E-state index in [1.807, 2.05) is 53.4 Å². The van der Waals surface area contributed by atoms with Crippen LogP contribution in [0, 0.1) is 0 Å². The minimum atomic E-state index is 0.0948. The minimum Gasteiger partial charge on any atom is -0.441 e. The summed E-state index contributed by atoms with van der Waals surface area (Å²) in [5.41, 5.74) is 3.83. The van der Waals surface area contributed by atoms with Crippen molar-refractivity contribution in [2.75, 3.05) is 19.6 Å². The Morgan fingerprint density at radius 3 is 2.75 bits per heavy atom. The van der Waals surface area contributed by atoms with Crippen LogP contribution < -0.4 is 5.32 Å². The molecular weight excluding hydrogens is 350 g/mol. The summed E-state index contributed by atoms with van der Waals surface area (Å²) in [6, 6.07) is 18.0. The van der Waals surface area contributed by atoms with Gasteiger partial charge in [0.25, 0.3) is 5.91 Å². The molecule has 5 rings (SSSR count). The maximum Gasteiger partial charge on any atom is 0.254 e. The molecule has 0 spiro atoms. The second-order valence-corrected chi connectivity index (χ2v) is 7.51. The number of carbonyl (C=O) groups is 1. The number of aromatic nitrogens is 1. The zero-order valence-electron chi connectivity index (χ0n) is 15.7. The molecule has 3 heterocycles. The number of oxazole rings is 1. The lowest BCUT2D eigenvalue weighted by molar-refractivity contribution is 0.0726. The standard InChI is InChI=1S/C23H23N3O2/c27-23(19-9-5-4-8-18(19)17-10-12-24-14-17)26-13-11-21-20(15-26)25-22(28-21)16-6-2-1-3-7-16/h1-9,17,24H,10-15H2. The molecule has 28 heavy (non-hydrogen) atoms. The predicted octanol–water partition coefficient (Wildman–Crippen LogP) is 3.62. The number of amides is 1. The van der Waals surface area contributed by atoms with Gasteiger partial charge in [0.2, 0.25) is 5.89 Å². The van der Waals surface area contributed by atoms with Crippen LogP contribution in [0.15, 0.2) is 59.0 Å². The molecule has 3 aromatic rings. The zero-order chi connectivity index (χ0) is 18.9. The molecule has 1 atom stereocenters. The third kappa shape index (κ3) is 3.12. The van der Waals surface area contributed by atoms with Gasteiger partial charge in [-0.05, 0) is 42.6 Å². The third-order valence-corrected chi connectivity index (χ3v) is 5.73. The summed E-state index contributed by atoms with van der Waals surface area (Å²) in [5.74, 6) is 2.04. The summed E-state index contributed by atoms with van der Waals surface area (Å²) in [4.78, 5) is 19.9.